The molecule has 0 bridgehead atoms. The zero-order valence-corrected chi connectivity index (χ0v) is 16.5. The molecule has 2 saturated heterocycles. The van der Waals surface area contributed by atoms with Gasteiger partial charge in [0, 0.05) is 12.0 Å². The number of amides is 1. The highest BCUT2D eigenvalue weighted by Crippen LogP contribution is 2.32. The summed E-state index contributed by atoms with van der Waals surface area (Å²) in [4.78, 5) is 14.3. The molecule has 2 unspecified atom stereocenters. The lowest BCUT2D eigenvalue weighted by Crippen LogP contribution is -2.49. The highest BCUT2D eigenvalue weighted by Gasteiger charge is 2.34. The fraction of sp³-hybridized carbons (Fsp3) is 0.611. The molecule has 2 aliphatic rings. The van der Waals surface area contributed by atoms with E-state index < -0.39 is 33.9 Å². The van der Waals surface area contributed by atoms with Gasteiger partial charge in [-0.25, -0.2) is 4.79 Å². The Hall–Kier alpha value is -2.01. The second-order valence-corrected chi connectivity index (χ2v) is 8.54. The number of piperidine rings is 2. The second-order valence-electron chi connectivity index (χ2n) is 7.26. The first-order valence-corrected chi connectivity index (χ1v) is 10.9. The monoisotopic (exact) mass is 436 g/mol. The quantitative estimate of drug-likeness (QED) is 0.762. The number of halogens is 3. The van der Waals surface area contributed by atoms with Gasteiger partial charge in [-0.05, 0) is 57.0 Å². The van der Waals surface area contributed by atoms with E-state index in [-0.39, 0.29) is 12.5 Å². The number of hydrogen-bond donors (Lipinski definition) is 1. The number of ether oxygens (including phenoxy) is 1. The molecule has 3 rings (SSSR count). The third-order valence-corrected chi connectivity index (χ3v) is 6.06. The van der Waals surface area contributed by atoms with Gasteiger partial charge in [-0.3, -0.25) is 4.90 Å². The Morgan fingerprint density at radius 2 is 1.93 bits per heavy atom. The zero-order valence-electron chi connectivity index (χ0n) is 15.7. The standard InChI is InChI=1S/C18H23F3N2O5S/c19-18(20,21)14-6-3-7-15(11-14)28-29(25,26)22-17(24)27-12-13-5-4-10-23-9-2-1-8-16(13)23/h3,6-7,11,13,16H,1-2,4-5,8-10,12H2,(H,22,24). The van der Waals surface area contributed by atoms with E-state index in [4.69, 9.17) is 4.74 Å². The number of carbonyl (C=O) groups is 1. The molecule has 162 valence electrons. The largest absolute Gasteiger partial charge is 0.448 e. The van der Waals surface area contributed by atoms with Crippen LogP contribution in [-0.2, 0) is 21.2 Å². The minimum atomic E-state index is -4.67. The maximum Gasteiger partial charge on any atom is 0.423 e. The molecular formula is C18H23F3N2O5S. The minimum absolute atomic E-state index is 0.0755. The molecule has 2 atom stereocenters. The van der Waals surface area contributed by atoms with Gasteiger partial charge >= 0.3 is 22.6 Å². The Labute approximate surface area is 167 Å². The van der Waals surface area contributed by atoms with Crippen LogP contribution in [0.5, 0.6) is 5.75 Å². The molecule has 1 amide bonds. The summed E-state index contributed by atoms with van der Waals surface area (Å²) in [6, 6.07) is 3.68. The average Bonchev–Trinajstić information content (AvgIpc) is 2.65. The molecule has 1 aromatic rings. The van der Waals surface area contributed by atoms with E-state index in [0.29, 0.717) is 12.1 Å². The van der Waals surface area contributed by atoms with Crippen molar-refractivity contribution in [3.8, 4) is 5.75 Å². The summed E-state index contributed by atoms with van der Waals surface area (Å²) in [6.45, 7) is 2.12. The molecule has 2 fully saturated rings. The molecule has 7 nitrogen and oxygen atoms in total. The molecule has 0 spiro atoms. The maximum absolute atomic E-state index is 12.7. The molecule has 29 heavy (non-hydrogen) atoms. The first-order chi connectivity index (χ1) is 13.6. The van der Waals surface area contributed by atoms with E-state index in [1.54, 1.807) is 4.72 Å². The van der Waals surface area contributed by atoms with Crippen molar-refractivity contribution < 1.29 is 35.3 Å². The fourth-order valence-electron chi connectivity index (χ4n) is 3.96. The van der Waals surface area contributed by atoms with Gasteiger partial charge in [-0.15, -0.1) is 0 Å². The normalized spacial score (nSPS) is 23.1. The highest BCUT2D eigenvalue weighted by molar-refractivity contribution is 7.85. The third kappa shape index (κ3) is 5.99. The van der Waals surface area contributed by atoms with E-state index >= 15 is 0 Å². The Balaban J connectivity index is 1.53. The summed E-state index contributed by atoms with van der Waals surface area (Å²) < 4.78 is 73.2. The van der Waals surface area contributed by atoms with Crippen LogP contribution < -0.4 is 8.91 Å². The van der Waals surface area contributed by atoms with Gasteiger partial charge in [-0.1, -0.05) is 12.5 Å². The summed E-state index contributed by atoms with van der Waals surface area (Å²) >= 11 is 0. The van der Waals surface area contributed by atoms with Crippen LogP contribution in [0.15, 0.2) is 24.3 Å². The molecule has 0 aromatic heterocycles. The number of fused-ring (bicyclic) bond motifs is 1. The first kappa shape index (κ1) is 21.7. The van der Waals surface area contributed by atoms with E-state index in [1.165, 1.54) is 0 Å². The van der Waals surface area contributed by atoms with Crippen LogP contribution in [-0.4, -0.2) is 45.1 Å². The summed E-state index contributed by atoms with van der Waals surface area (Å²) in [5, 5.41) is 0. The van der Waals surface area contributed by atoms with Crippen LogP contribution in [0.4, 0.5) is 18.0 Å². The first-order valence-electron chi connectivity index (χ1n) is 9.44. The number of carbonyl (C=O) groups excluding carboxylic acids is 1. The van der Waals surface area contributed by atoms with Crippen LogP contribution in [0.25, 0.3) is 0 Å². The number of alkyl halides is 3. The number of nitrogens with one attached hydrogen (secondary N) is 1. The van der Waals surface area contributed by atoms with E-state index in [9.17, 15) is 26.4 Å². The van der Waals surface area contributed by atoms with Crippen LogP contribution in [0, 0.1) is 5.92 Å². The predicted octanol–water partition coefficient (Wildman–Crippen LogP) is 3.32. The Morgan fingerprint density at radius 1 is 1.17 bits per heavy atom. The second kappa shape index (κ2) is 8.78. The van der Waals surface area contributed by atoms with Crippen molar-refractivity contribution in [2.24, 2.45) is 5.92 Å². The average molecular weight is 436 g/mol. The molecule has 2 aliphatic heterocycles. The lowest BCUT2D eigenvalue weighted by Gasteiger charge is -2.44. The Bertz CT molecular complexity index is 829. The van der Waals surface area contributed by atoms with Gasteiger partial charge in [-0.2, -0.15) is 26.3 Å². The SMILES string of the molecule is O=C(NS(=O)(=O)Oc1cccc(C(F)(F)F)c1)OCC1CCCN2CCCCC12. The van der Waals surface area contributed by atoms with E-state index in [0.717, 1.165) is 63.4 Å². The molecule has 1 N–H and O–H groups in total. The van der Waals surface area contributed by atoms with E-state index in [2.05, 4.69) is 9.08 Å². The molecular weight excluding hydrogens is 413 g/mol. The predicted molar refractivity (Wildman–Crippen MR) is 97.4 cm³/mol. The smallest absolute Gasteiger partial charge is 0.423 e. The van der Waals surface area contributed by atoms with Crippen LogP contribution in [0.1, 0.15) is 37.7 Å². The Kier molecular flexibility index (Phi) is 6.57. The van der Waals surface area contributed by atoms with Crippen LogP contribution >= 0.6 is 0 Å². The minimum Gasteiger partial charge on any atom is -0.448 e. The van der Waals surface area contributed by atoms with Gasteiger partial charge in [0.05, 0.1) is 12.2 Å². The van der Waals surface area contributed by atoms with Gasteiger partial charge < -0.3 is 8.92 Å². The van der Waals surface area contributed by atoms with Crippen molar-refractivity contribution in [2.75, 3.05) is 19.7 Å². The molecule has 11 heteroatoms. The summed E-state index contributed by atoms with van der Waals surface area (Å²) in [5.74, 6) is -0.438. The number of benzene rings is 1. The van der Waals surface area contributed by atoms with Crippen LogP contribution in [0.3, 0.4) is 0 Å². The highest BCUT2D eigenvalue weighted by atomic mass is 32.2. The van der Waals surface area contributed by atoms with Crippen molar-refractivity contribution in [1.82, 2.24) is 9.62 Å². The zero-order chi connectivity index (χ0) is 21.1. The molecule has 0 aliphatic carbocycles. The third-order valence-electron chi connectivity index (χ3n) is 5.23. The fourth-order valence-corrected chi connectivity index (χ4v) is 4.62. The lowest BCUT2D eigenvalue weighted by atomic mass is 9.84. The van der Waals surface area contributed by atoms with Crippen molar-refractivity contribution >= 4 is 16.4 Å². The molecule has 0 radical (unpaired) electrons. The number of rotatable bonds is 5. The van der Waals surface area contributed by atoms with E-state index in [1.807, 2.05) is 0 Å². The molecule has 2 heterocycles. The van der Waals surface area contributed by atoms with Crippen molar-refractivity contribution in [3.63, 3.8) is 0 Å². The topological polar surface area (TPSA) is 84.9 Å². The number of nitrogens with zero attached hydrogens (tertiary/aromatic N) is 1. The Morgan fingerprint density at radius 3 is 2.69 bits per heavy atom. The molecule has 1 aromatic carbocycles. The van der Waals surface area contributed by atoms with Gasteiger partial charge in [0.25, 0.3) is 0 Å². The van der Waals surface area contributed by atoms with Crippen LogP contribution in [0.2, 0.25) is 0 Å². The summed E-state index contributed by atoms with van der Waals surface area (Å²) in [5.41, 5.74) is -1.07. The maximum atomic E-state index is 12.7. The summed E-state index contributed by atoms with van der Waals surface area (Å²) in [7, 11) is -4.67. The lowest BCUT2D eigenvalue weighted by molar-refractivity contribution is -0.137. The van der Waals surface area contributed by atoms with Gasteiger partial charge in [0.1, 0.15) is 5.75 Å². The summed E-state index contributed by atoms with van der Waals surface area (Å²) in [6.07, 6.45) is -0.705. The number of hydrogen-bond acceptors (Lipinski definition) is 6. The van der Waals surface area contributed by atoms with Crippen molar-refractivity contribution in [3.05, 3.63) is 29.8 Å². The van der Waals surface area contributed by atoms with Gasteiger partial charge in [0.2, 0.25) is 0 Å². The van der Waals surface area contributed by atoms with Crippen molar-refractivity contribution in [2.45, 2.75) is 44.3 Å². The van der Waals surface area contributed by atoms with Crippen molar-refractivity contribution in [1.29, 1.82) is 0 Å². The van der Waals surface area contributed by atoms with Gasteiger partial charge in [0.15, 0.2) is 0 Å². The molecule has 0 saturated carbocycles.